The van der Waals surface area contributed by atoms with Crippen molar-refractivity contribution in [2.24, 2.45) is 0 Å². The third kappa shape index (κ3) is 4.94. The molecule has 5 rings (SSSR count). The zero-order chi connectivity index (χ0) is 21.9. The van der Waals surface area contributed by atoms with Crippen LogP contribution in [0.1, 0.15) is 35.0 Å². The van der Waals surface area contributed by atoms with Gasteiger partial charge in [0.25, 0.3) is 5.91 Å². The van der Waals surface area contributed by atoms with Gasteiger partial charge in [-0.2, -0.15) is 0 Å². The number of carbonyl (C=O) groups excluding carboxylic acids is 2. The van der Waals surface area contributed by atoms with Crippen LogP contribution in [-0.4, -0.2) is 64.0 Å². The zero-order valence-corrected chi connectivity index (χ0v) is 18.9. The molecule has 3 heterocycles. The highest BCUT2D eigenvalue weighted by Crippen LogP contribution is 2.40. The monoisotopic (exact) mass is 470 g/mol. The summed E-state index contributed by atoms with van der Waals surface area (Å²) < 4.78 is 5.85. The van der Waals surface area contributed by atoms with Crippen LogP contribution in [-0.2, 0) is 4.79 Å². The first-order valence-electron chi connectivity index (χ1n) is 10.5. The molecular weight excluding hydrogens is 448 g/mol. The SMILES string of the molecule is O=C(Nc1nnc(SCC(=O)N2CCN(c3ccccc3)CC2)s1)c1cc(C2CC2)on1. The summed E-state index contributed by atoms with van der Waals surface area (Å²) in [4.78, 5) is 29.1. The molecule has 3 aromatic rings. The zero-order valence-electron chi connectivity index (χ0n) is 17.3. The highest BCUT2D eigenvalue weighted by Gasteiger charge is 2.29. The van der Waals surface area contributed by atoms with Crippen molar-refractivity contribution in [1.82, 2.24) is 20.3 Å². The van der Waals surface area contributed by atoms with Crippen LogP contribution in [0.25, 0.3) is 0 Å². The van der Waals surface area contributed by atoms with Crippen molar-refractivity contribution in [3.05, 3.63) is 47.9 Å². The van der Waals surface area contributed by atoms with E-state index < -0.39 is 0 Å². The highest BCUT2D eigenvalue weighted by molar-refractivity contribution is 8.01. The number of rotatable bonds is 7. The van der Waals surface area contributed by atoms with Gasteiger partial charge in [0.1, 0.15) is 5.76 Å². The number of hydrogen-bond donors (Lipinski definition) is 1. The van der Waals surface area contributed by atoms with Crippen molar-refractivity contribution in [3.8, 4) is 0 Å². The molecule has 1 N–H and O–H groups in total. The van der Waals surface area contributed by atoms with Gasteiger partial charge in [-0.1, -0.05) is 46.5 Å². The first-order valence-corrected chi connectivity index (χ1v) is 12.3. The number of nitrogens with zero attached hydrogens (tertiary/aromatic N) is 5. The minimum Gasteiger partial charge on any atom is -0.368 e. The number of benzene rings is 1. The van der Waals surface area contributed by atoms with Crippen LogP contribution in [0.5, 0.6) is 0 Å². The third-order valence-corrected chi connectivity index (χ3v) is 7.40. The summed E-state index contributed by atoms with van der Waals surface area (Å²) in [5.41, 5.74) is 1.42. The van der Waals surface area contributed by atoms with E-state index in [9.17, 15) is 9.59 Å². The standard InChI is InChI=1S/C21H22N6O3S2/c28-18(27-10-8-26(9-11-27)15-4-2-1-3-5-15)13-31-21-24-23-20(32-21)22-19(29)16-12-17(30-25-16)14-6-7-14/h1-5,12,14H,6-11,13H2,(H,22,23,29). The molecule has 2 aliphatic rings. The molecule has 1 saturated heterocycles. The maximum absolute atomic E-state index is 12.6. The number of nitrogens with one attached hydrogen (secondary N) is 1. The number of aromatic nitrogens is 3. The summed E-state index contributed by atoms with van der Waals surface area (Å²) in [5, 5.41) is 15.0. The van der Waals surface area contributed by atoms with Crippen molar-refractivity contribution < 1.29 is 14.1 Å². The van der Waals surface area contributed by atoms with Crippen molar-refractivity contribution >= 4 is 45.7 Å². The van der Waals surface area contributed by atoms with Gasteiger partial charge in [-0.3, -0.25) is 14.9 Å². The highest BCUT2D eigenvalue weighted by atomic mass is 32.2. The summed E-state index contributed by atoms with van der Waals surface area (Å²) >= 11 is 2.57. The summed E-state index contributed by atoms with van der Waals surface area (Å²) in [7, 11) is 0. The van der Waals surface area contributed by atoms with Gasteiger partial charge < -0.3 is 14.3 Å². The summed E-state index contributed by atoms with van der Waals surface area (Å²) in [6.07, 6.45) is 2.16. The van der Waals surface area contributed by atoms with Gasteiger partial charge in [-0.05, 0) is 25.0 Å². The van der Waals surface area contributed by atoms with Crippen LogP contribution < -0.4 is 10.2 Å². The predicted molar refractivity (Wildman–Crippen MR) is 122 cm³/mol. The van der Waals surface area contributed by atoms with Gasteiger partial charge in [0.15, 0.2) is 10.0 Å². The molecular formula is C21H22N6O3S2. The molecule has 166 valence electrons. The molecule has 9 nitrogen and oxygen atoms in total. The van der Waals surface area contributed by atoms with E-state index in [4.69, 9.17) is 4.52 Å². The number of amides is 2. The van der Waals surface area contributed by atoms with Crippen molar-refractivity contribution in [2.45, 2.75) is 23.1 Å². The quantitative estimate of drug-likeness (QED) is 0.415. The first-order chi connectivity index (χ1) is 15.7. The Kier molecular flexibility index (Phi) is 6.08. The summed E-state index contributed by atoms with van der Waals surface area (Å²) in [6, 6.07) is 11.9. The molecule has 1 saturated carbocycles. The summed E-state index contributed by atoms with van der Waals surface area (Å²) in [6.45, 7) is 3.04. The third-order valence-electron chi connectivity index (χ3n) is 5.44. The molecule has 0 bridgehead atoms. The largest absolute Gasteiger partial charge is 0.368 e. The van der Waals surface area contributed by atoms with Gasteiger partial charge >= 0.3 is 0 Å². The Morgan fingerprint density at radius 3 is 2.66 bits per heavy atom. The minimum absolute atomic E-state index is 0.0821. The van der Waals surface area contributed by atoms with Crippen molar-refractivity contribution in [1.29, 1.82) is 0 Å². The number of carbonyl (C=O) groups is 2. The lowest BCUT2D eigenvalue weighted by Crippen LogP contribution is -2.49. The first kappa shape index (κ1) is 21.0. The molecule has 1 aromatic carbocycles. The lowest BCUT2D eigenvalue weighted by molar-refractivity contribution is -0.128. The van der Waals surface area contributed by atoms with Crippen molar-refractivity contribution in [2.75, 3.05) is 42.1 Å². The molecule has 2 aromatic heterocycles. The Labute approximate surface area is 193 Å². The molecule has 2 fully saturated rings. The molecule has 32 heavy (non-hydrogen) atoms. The second-order valence-electron chi connectivity index (χ2n) is 7.71. The fourth-order valence-electron chi connectivity index (χ4n) is 3.50. The van der Waals surface area contributed by atoms with E-state index in [0.29, 0.717) is 34.2 Å². The van der Waals surface area contributed by atoms with E-state index in [1.807, 2.05) is 23.1 Å². The van der Waals surface area contributed by atoms with Crippen LogP contribution in [0, 0.1) is 0 Å². The fraction of sp³-hybridized carbons (Fsp3) is 0.381. The number of hydrogen-bond acceptors (Lipinski definition) is 9. The topological polar surface area (TPSA) is 104 Å². The van der Waals surface area contributed by atoms with Gasteiger partial charge in [-0.15, -0.1) is 10.2 Å². The second-order valence-corrected chi connectivity index (χ2v) is 9.91. The lowest BCUT2D eigenvalue weighted by Gasteiger charge is -2.36. The number of anilines is 2. The Morgan fingerprint density at radius 2 is 1.91 bits per heavy atom. The van der Waals surface area contributed by atoms with Crippen LogP contribution in [0.2, 0.25) is 0 Å². The normalized spacial score (nSPS) is 16.2. The Morgan fingerprint density at radius 1 is 1.12 bits per heavy atom. The average molecular weight is 471 g/mol. The molecule has 2 amide bonds. The maximum atomic E-state index is 12.6. The smallest absolute Gasteiger partial charge is 0.279 e. The predicted octanol–water partition coefficient (Wildman–Crippen LogP) is 3.10. The average Bonchev–Trinajstić information content (AvgIpc) is 3.38. The van der Waals surface area contributed by atoms with E-state index in [2.05, 4.69) is 37.7 Å². The van der Waals surface area contributed by atoms with Crippen LogP contribution in [0.4, 0.5) is 10.8 Å². The Balaban J connectivity index is 1.08. The van der Waals surface area contributed by atoms with E-state index in [0.717, 1.165) is 31.7 Å². The molecule has 11 heteroatoms. The van der Waals surface area contributed by atoms with Gasteiger partial charge in [-0.25, -0.2) is 0 Å². The van der Waals surface area contributed by atoms with Crippen LogP contribution in [0.3, 0.4) is 0 Å². The molecule has 1 aliphatic carbocycles. The van der Waals surface area contributed by atoms with E-state index in [-0.39, 0.29) is 17.5 Å². The van der Waals surface area contributed by atoms with Crippen LogP contribution >= 0.6 is 23.1 Å². The molecule has 1 aliphatic heterocycles. The molecule has 0 atom stereocenters. The van der Waals surface area contributed by atoms with Gasteiger partial charge in [0, 0.05) is 43.9 Å². The molecule has 0 radical (unpaired) electrons. The fourth-order valence-corrected chi connectivity index (χ4v) is 5.15. The van der Waals surface area contributed by atoms with Gasteiger partial charge in [0.05, 0.1) is 5.75 Å². The number of para-hydroxylation sites is 1. The molecule has 0 spiro atoms. The van der Waals surface area contributed by atoms with E-state index in [1.54, 1.807) is 6.07 Å². The maximum Gasteiger partial charge on any atom is 0.279 e. The van der Waals surface area contributed by atoms with Gasteiger partial charge in [0.2, 0.25) is 11.0 Å². The van der Waals surface area contributed by atoms with E-state index >= 15 is 0 Å². The lowest BCUT2D eigenvalue weighted by atomic mass is 10.2. The molecule has 0 unspecified atom stereocenters. The number of thioether (sulfide) groups is 1. The summed E-state index contributed by atoms with van der Waals surface area (Å²) in [5.74, 6) is 1.15. The Bertz CT molecular complexity index is 1090. The second kappa shape index (κ2) is 9.29. The Hall–Kier alpha value is -2.92. The van der Waals surface area contributed by atoms with Crippen LogP contribution in [0.15, 0.2) is 45.3 Å². The number of piperazine rings is 1. The van der Waals surface area contributed by atoms with E-state index in [1.165, 1.54) is 28.8 Å². The van der Waals surface area contributed by atoms with Crippen molar-refractivity contribution in [3.63, 3.8) is 0 Å². The minimum atomic E-state index is -0.374.